The van der Waals surface area contributed by atoms with Crippen LogP contribution in [0.25, 0.3) is 0 Å². The summed E-state index contributed by atoms with van der Waals surface area (Å²) < 4.78 is 0. The fourth-order valence-corrected chi connectivity index (χ4v) is 1.35. The predicted molar refractivity (Wildman–Crippen MR) is 69.1 cm³/mol. The lowest BCUT2D eigenvalue weighted by Gasteiger charge is -2.19. The zero-order valence-electron chi connectivity index (χ0n) is 11.4. The Morgan fingerprint density at radius 1 is 1.12 bits per heavy atom. The molecule has 3 heteroatoms. The Morgan fingerprint density at radius 3 is 2.12 bits per heavy atom. The first-order chi connectivity index (χ1) is 7.34. The third-order valence-corrected chi connectivity index (χ3v) is 3.19. The highest BCUT2D eigenvalue weighted by atomic mass is 16.1. The molecular weight excluding hydrogens is 200 g/mol. The van der Waals surface area contributed by atoms with Crippen molar-refractivity contribution in [2.75, 3.05) is 6.54 Å². The number of amides is 1. The maximum absolute atomic E-state index is 11.3. The third kappa shape index (κ3) is 6.83. The van der Waals surface area contributed by atoms with E-state index in [1.807, 2.05) is 13.8 Å². The maximum Gasteiger partial charge on any atom is 0.222 e. The van der Waals surface area contributed by atoms with Gasteiger partial charge in [0.2, 0.25) is 5.91 Å². The summed E-state index contributed by atoms with van der Waals surface area (Å²) in [6, 6.07) is 0.0869. The molecule has 0 aromatic carbocycles. The molecule has 16 heavy (non-hydrogen) atoms. The molecule has 3 nitrogen and oxygen atoms in total. The van der Waals surface area contributed by atoms with Gasteiger partial charge in [-0.05, 0) is 24.7 Å². The molecule has 0 bridgehead atoms. The van der Waals surface area contributed by atoms with Gasteiger partial charge in [-0.1, -0.05) is 34.6 Å². The van der Waals surface area contributed by atoms with E-state index in [0.717, 1.165) is 12.8 Å². The zero-order valence-corrected chi connectivity index (χ0v) is 11.4. The molecule has 0 radical (unpaired) electrons. The number of rotatable bonds is 7. The van der Waals surface area contributed by atoms with Crippen LogP contribution in [0.1, 0.15) is 47.5 Å². The molecule has 1 unspecified atom stereocenters. The Kier molecular flexibility index (Phi) is 7.39. The van der Waals surface area contributed by atoms with Crippen LogP contribution in [-0.4, -0.2) is 18.5 Å². The molecule has 0 saturated heterocycles. The van der Waals surface area contributed by atoms with Crippen LogP contribution in [0.5, 0.6) is 0 Å². The van der Waals surface area contributed by atoms with Crippen molar-refractivity contribution in [2.24, 2.45) is 23.5 Å². The molecule has 0 fully saturated rings. The standard InChI is InChI=1S/C13H28N2O/c1-9(2)11(5)6-7-12(14)8-15-13(16)10(3)4/h9-12H,6-8,14H2,1-5H3,(H,15,16)/t11?,12-/m0/s1. The first kappa shape index (κ1) is 15.4. The van der Waals surface area contributed by atoms with Crippen molar-refractivity contribution in [1.29, 1.82) is 0 Å². The van der Waals surface area contributed by atoms with Gasteiger partial charge in [-0.3, -0.25) is 4.79 Å². The van der Waals surface area contributed by atoms with E-state index in [1.165, 1.54) is 0 Å². The summed E-state index contributed by atoms with van der Waals surface area (Å²) in [7, 11) is 0. The summed E-state index contributed by atoms with van der Waals surface area (Å²) in [5.41, 5.74) is 5.96. The van der Waals surface area contributed by atoms with E-state index >= 15 is 0 Å². The van der Waals surface area contributed by atoms with Gasteiger partial charge in [-0.25, -0.2) is 0 Å². The predicted octanol–water partition coefficient (Wildman–Crippen LogP) is 2.16. The van der Waals surface area contributed by atoms with Gasteiger partial charge in [0.15, 0.2) is 0 Å². The van der Waals surface area contributed by atoms with E-state index in [2.05, 4.69) is 26.1 Å². The van der Waals surface area contributed by atoms with Crippen molar-refractivity contribution in [2.45, 2.75) is 53.5 Å². The number of carbonyl (C=O) groups excluding carboxylic acids is 1. The molecule has 0 aliphatic carbocycles. The maximum atomic E-state index is 11.3. The van der Waals surface area contributed by atoms with Gasteiger partial charge in [0.25, 0.3) is 0 Å². The summed E-state index contributed by atoms with van der Waals surface area (Å²) in [6.45, 7) is 11.1. The number of nitrogens with one attached hydrogen (secondary N) is 1. The van der Waals surface area contributed by atoms with E-state index in [4.69, 9.17) is 5.73 Å². The molecule has 0 aromatic heterocycles. The van der Waals surface area contributed by atoms with Gasteiger partial charge < -0.3 is 11.1 Å². The second-order valence-electron chi connectivity index (χ2n) is 5.46. The van der Waals surface area contributed by atoms with Crippen LogP contribution < -0.4 is 11.1 Å². The average Bonchev–Trinajstić information content (AvgIpc) is 2.21. The van der Waals surface area contributed by atoms with Gasteiger partial charge in [0, 0.05) is 18.5 Å². The van der Waals surface area contributed by atoms with Crippen LogP contribution in [0.2, 0.25) is 0 Å². The molecule has 0 saturated carbocycles. The average molecular weight is 228 g/mol. The van der Waals surface area contributed by atoms with Crippen molar-refractivity contribution in [1.82, 2.24) is 5.32 Å². The second-order valence-corrected chi connectivity index (χ2v) is 5.46. The molecule has 3 N–H and O–H groups in total. The van der Waals surface area contributed by atoms with Crippen LogP contribution in [0.4, 0.5) is 0 Å². The Hall–Kier alpha value is -0.570. The van der Waals surface area contributed by atoms with Gasteiger partial charge in [0.1, 0.15) is 0 Å². The van der Waals surface area contributed by atoms with Gasteiger partial charge in [-0.15, -0.1) is 0 Å². The Labute approximate surface area is 100 Å². The van der Waals surface area contributed by atoms with Crippen molar-refractivity contribution >= 4 is 5.91 Å². The van der Waals surface area contributed by atoms with Gasteiger partial charge in [0.05, 0.1) is 0 Å². The second kappa shape index (κ2) is 7.66. The largest absolute Gasteiger partial charge is 0.354 e. The molecule has 1 amide bonds. The quantitative estimate of drug-likeness (QED) is 0.701. The lowest BCUT2D eigenvalue weighted by molar-refractivity contribution is -0.124. The third-order valence-electron chi connectivity index (χ3n) is 3.19. The Bertz CT molecular complexity index is 202. The molecule has 0 heterocycles. The molecule has 0 aliphatic heterocycles. The minimum Gasteiger partial charge on any atom is -0.354 e. The summed E-state index contributed by atoms with van der Waals surface area (Å²) >= 11 is 0. The Balaban J connectivity index is 3.67. The monoisotopic (exact) mass is 228 g/mol. The molecule has 96 valence electrons. The van der Waals surface area contributed by atoms with Crippen molar-refractivity contribution < 1.29 is 4.79 Å². The fraction of sp³-hybridized carbons (Fsp3) is 0.923. The number of hydrogen-bond donors (Lipinski definition) is 2. The minimum atomic E-state index is 0.0433. The molecule has 0 aromatic rings. The molecule has 0 aliphatic rings. The minimum absolute atomic E-state index is 0.0433. The first-order valence-electron chi connectivity index (χ1n) is 6.37. The molecular formula is C13H28N2O. The molecule has 0 spiro atoms. The Morgan fingerprint density at radius 2 is 1.69 bits per heavy atom. The SMILES string of the molecule is CC(C)C(=O)NC[C@@H](N)CCC(C)C(C)C. The van der Waals surface area contributed by atoms with Crippen LogP contribution in [-0.2, 0) is 4.79 Å². The van der Waals surface area contributed by atoms with Crippen LogP contribution in [0.3, 0.4) is 0 Å². The normalized spacial score (nSPS) is 15.2. The summed E-state index contributed by atoms with van der Waals surface area (Å²) in [6.07, 6.45) is 2.12. The highest BCUT2D eigenvalue weighted by molar-refractivity contribution is 5.77. The summed E-state index contributed by atoms with van der Waals surface area (Å²) in [4.78, 5) is 11.3. The fourth-order valence-electron chi connectivity index (χ4n) is 1.35. The number of carbonyl (C=O) groups is 1. The first-order valence-corrected chi connectivity index (χ1v) is 6.37. The van der Waals surface area contributed by atoms with Crippen molar-refractivity contribution in [3.05, 3.63) is 0 Å². The highest BCUT2D eigenvalue weighted by Crippen LogP contribution is 2.16. The van der Waals surface area contributed by atoms with E-state index < -0.39 is 0 Å². The van der Waals surface area contributed by atoms with E-state index in [9.17, 15) is 4.79 Å². The van der Waals surface area contributed by atoms with E-state index in [1.54, 1.807) is 0 Å². The molecule has 0 rings (SSSR count). The van der Waals surface area contributed by atoms with Gasteiger partial charge >= 0.3 is 0 Å². The number of nitrogens with two attached hydrogens (primary N) is 1. The van der Waals surface area contributed by atoms with E-state index in [0.29, 0.717) is 18.4 Å². The topological polar surface area (TPSA) is 55.1 Å². The summed E-state index contributed by atoms with van der Waals surface area (Å²) in [5.74, 6) is 1.54. The highest BCUT2D eigenvalue weighted by Gasteiger charge is 2.12. The van der Waals surface area contributed by atoms with Crippen LogP contribution in [0.15, 0.2) is 0 Å². The molecule has 2 atom stereocenters. The smallest absolute Gasteiger partial charge is 0.222 e. The van der Waals surface area contributed by atoms with Gasteiger partial charge in [-0.2, -0.15) is 0 Å². The lowest BCUT2D eigenvalue weighted by atomic mass is 9.92. The number of hydrogen-bond acceptors (Lipinski definition) is 2. The van der Waals surface area contributed by atoms with Crippen molar-refractivity contribution in [3.63, 3.8) is 0 Å². The van der Waals surface area contributed by atoms with Crippen LogP contribution >= 0.6 is 0 Å². The summed E-state index contributed by atoms with van der Waals surface area (Å²) in [5, 5.41) is 2.87. The van der Waals surface area contributed by atoms with E-state index in [-0.39, 0.29) is 17.9 Å². The lowest BCUT2D eigenvalue weighted by Crippen LogP contribution is -2.39. The zero-order chi connectivity index (χ0) is 12.7. The van der Waals surface area contributed by atoms with Crippen molar-refractivity contribution in [3.8, 4) is 0 Å². The van der Waals surface area contributed by atoms with Crippen LogP contribution in [0, 0.1) is 17.8 Å².